The summed E-state index contributed by atoms with van der Waals surface area (Å²) in [4.78, 5) is 5.10. The van der Waals surface area contributed by atoms with E-state index in [0.717, 1.165) is 58.6 Å². The van der Waals surface area contributed by atoms with Crippen molar-refractivity contribution in [3.63, 3.8) is 0 Å². The molecule has 3 nitrogen and oxygen atoms in total. The topological polar surface area (TPSA) is 15.7 Å². The van der Waals surface area contributed by atoms with E-state index in [2.05, 4.69) is 75.1 Å². The van der Waals surface area contributed by atoms with Crippen molar-refractivity contribution in [1.82, 2.24) is 4.90 Å². The van der Waals surface area contributed by atoms with Crippen LogP contribution in [-0.2, 0) is 17.6 Å². The van der Waals surface area contributed by atoms with E-state index >= 15 is 0 Å². The molecule has 0 amide bonds. The zero-order valence-corrected chi connectivity index (χ0v) is 17.7. The highest BCUT2D eigenvalue weighted by molar-refractivity contribution is 9.10. The van der Waals surface area contributed by atoms with Gasteiger partial charge in [-0.2, -0.15) is 0 Å². The minimum absolute atomic E-state index is 0.251. The molecule has 2 aliphatic heterocycles. The molecule has 0 bridgehead atoms. The minimum atomic E-state index is 0.251. The summed E-state index contributed by atoms with van der Waals surface area (Å²) < 4.78 is 7.27. The number of benzene rings is 2. The van der Waals surface area contributed by atoms with E-state index in [9.17, 15) is 0 Å². The van der Waals surface area contributed by atoms with Crippen molar-refractivity contribution in [2.24, 2.45) is 0 Å². The fourth-order valence-corrected chi connectivity index (χ4v) is 4.63. The molecule has 0 aliphatic carbocycles. The number of hydrogen-bond donors (Lipinski definition) is 0. The summed E-state index contributed by atoms with van der Waals surface area (Å²) in [5.74, 6) is 0. The zero-order valence-electron chi connectivity index (χ0n) is 16.2. The van der Waals surface area contributed by atoms with Crippen LogP contribution in [0.15, 0.2) is 46.9 Å². The molecule has 2 aliphatic rings. The van der Waals surface area contributed by atoms with Gasteiger partial charge in [0.05, 0.1) is 12.7 Å². The molecule has 27 heavy (non-hydrogen) atoms. The summed E-state index contributed by atoms with van der Waals surface area (Å²) in [6.45, 7) is 8.66. The molecule has 0 saturated carbocycles. The van der Waals surface area contributed by atoms with Crippen molar-refractivity contribution in [3.05, 3.63) is 63.6 Å². The van der Waals surface area contributed by atoms with Gasteiger partial charge in [-0.05, 0) is 60.2 Å². The van der Waals surface area contributed by atoms with Gasteiger partial charge < -0.3 is 9.64 Å². The monoisotopic (exact) mass is 428 g/mol. The Morgan fingerprint density at radius 2 is 1.81 bits per heavy atom. The van der Waals surface area contributed by atoms with Crippen LogP contribution in [0.2, 0.25) is 0 Å². The lowest BCUT2D eigenvalue weighted by molar-refractivity contribution is 0.0289. The fourth-order valence-electron chi connectivity index (χ4n) is 4.22. The fraction of sp³-hybridized carbons (Fsp3) is 0.478. The Morgan fingerprint density at radius 1 is 1.04 bits per heavy atom. The van der Waals surface area contributed by atoms with Crippen molar-refractivity contribution >= 4 is 21.6 Å². The molecule has 144 valence electrons. The van der Waals surface area contributed by atoms with Gasteiger partial charge in [-0.15, -0.1) is 0 Å². The lowest BCUT2D eigenvalue weighted by Gasteiger charge is -2.37. The Kier molecular flexibility index (Phi) is 6.16. The van der Waals surface area contributed by atoms with Gasteiger partial charge in [-0.3, -0.25) is 4.90 Å². The van der Waals surface area contributed by atoms with Crippen LogP contribution in [-0.4, -0.2) is 44.2 Å². The summed E-state index contributed by atoms with van der Waals surface area (Å²) in [5, 5.41) is 0. The third kappa shape index (κ3) is 4.56. The quantitative estimate of drug-likeness (QED) is 0.677. The first-order valence-corrected chi connectivity index (χ1v) is 11.0. The predicted molar refractivity (Wildman–Crippen MR) is 116 cm³/mol. The van der Waals surface area contributed by atoms with Gasteiger partial charge >= 0.3 is 0 Å². The third-order valence-electron chi connectivity index (χ3n) is 5.93. The van der Waals surface area contributed by atoms with Gasteiger partial charge in [0, 0.05) is 42.9 Å². The second-order valence-electron chi connectivity index (χ2n) is 7.59. The van der Waals surface area contributed by atoms with Crippen LogP contribution < -0.4 is 4.90 Å². The van der Waals surface area contributed by atoms with Crippen molar-refractivity contribution in [1.29, 1.82) is 0 Å². The molecule has 0 N–H and O–H groups in total. The minimum Gasteiger partial charge on any atom is -0.373 e. The number of halogens is 1. The van der Waals surface area contributed by atoms with Crippen LogP contribution in [0.5, 0.6) is 0 Å². The lowest BCUT2D eigenvalue weighted by atomic mass is 9.95. The molecule has 2 aromatic rings. The van der Waals surface area contributed by atoms with Gasteiger partial charge in [0.1, 0.15) is 0 Å². The highest BCUT2D eigenvalue weighted by Gasteiger charge is 2.23. The van der Waals surface area contributed by atoms with E-state index in [4.69, 9.17) is 4.74 Å². The van der Waals surface area contributed by atoms with Crippen molar-refractivity contribution in [2.75, 3.05) is 44.2 Å². The molecule has 1 unspecified atom stereocenters. The maximum absolute atomic E-state index is 6.10. The maximum atomic E-state index is 6.10. The first kappa shape index (κ1) is 19.0. The van der Waals surface area contributed by atoms with Crippen LogP contribution in [0.4, 0.5) is 5.69 Å². The Hall–Kier alpha value is -1.36. The normalized spacial score (nSPS) is 20.5. The second kappa shape index (κ2) is 8.76. The SMILES string of the molecule is CCc1ccc(N2CCN(CCC3OCCc4cc(Br)ccc43)CC2)cc1. The summed E-state index contributed by atoms with van der Waals surface area (Å²) in [6, 6.07) is 15.7. The zero-order chi connectivity index (χ0) is 18.6. The molecule has 4 rings (SSSR count). The average Bonchev–Trinajstić information content (AvgIpc) is 2.72. The first-order valence-electron chi connectivity index (χ1n) is 10.2. The Bertz CT molecular complexity index is 753. The summed E-state index contributed by atoms with van der Waals surface area (Å²) in [7, 11) is 0. The smallest absolute Gasteiger partial charge is 0.0839 e. The van der Waals surface area contributed by atoms with Crippen LogP contribution in [0, 0.1) is 0 Å². The summed E-state index contributed by atoms with van der Waals surface area (Å²) >= 11 is 3.59. The van der Waals surface area contributed by atoms with E-state index in [1.165, 1.54) is 26.9 Å². The van der Waals surface area contributed by atoms with E-state index in [0.29, 0.717) is 0 Å². The Balaban J connectivity index is 1.29. The number of nitrogens with zero attached hydrogens (tertiary/aromatic N) is 2. The first-order chi connectivity index (χ1) is 13.2. The molecule has 0 radical (unpaired) electrons. The van der Waals surface area contributed by atoms with Crippen LogP contribution >= 0.6 is 15.9 Å². The average molecular weight is 429 g/mol. The Morgan fingerprint density at radius 3 is 2.56 bits per heavy atom. The van der Waals surface area contributed by atoms with Gasteiger partial charge in [0.2, 0.25) is 0 Å². The largest absolute Gasteiger partial charge is 0.373 e. The number of piperazine rings is 1. The van der Waals surface area contributed by atoms with Crippen molar-refractivity contribution < 1.29 is 4.74 Å². The third-order valence-corrected chi connectivity index (χ3v) is 6.43. The highest BCUT2D eigenvalue weighted by Crippen LogP contribution is 2.31. The molecule has 2 heterocycles. The Labute approximate surface area is 171 Å². The molecular weight excluding hydrogens is 400 g/mol. The van der Waals surface area contributed by atoms with E-state index in [-0.39, 0.29) is 6.10 Å². The van der Waals surface area contributed by atoms with E-state index in [1.54, 1.807) is 0 Å². The van der Waals surface area contributed by atoms with Gasteiger partial charge in [-0.1, -0.05) is 41.1 Å². The molecule has 2 aromatic carbocycles. The van der Waals surface area contributed by atoms with Gasteiger partial charge in [-0.25, -0.2) is 0 Å². The van der Waals surface area contributed by atoms with Crippen LogP contribution in [0.1, 0.15) is 36.1 Å². The van der Waals surface area contributed by atoms with Crippen molar-refractivity contribution in [2.45, 2.75) is 32.3 Å². The van der Waals surface area contributed by atoms with Gasteiger partial charge in [0.25, 0.3) is 0 Å². The molecular formula is C23H29BrN2O. The highest BCUT2D eigenvalue weighted by atomic mass is 79.9. The molecule has 0 spiro atoms. The molecule has 1 atom stereocenters. The number of aryl methyl sites for hydroxylation is 1. The maximum Gasteiger partial charge on any atom is 0.0839 e. The summed E-state index contributed by atoms with van der Waals surface area (Å²) in [5.41, 5.74) is 5.61. The van der Waals surface area contributed by atoms with Crippen LogP contribution in [0.3, 0.4) is 0 Å². The van der Waals surface area contributed by atoms with Gasteiger partial charge in [0.15, 0.2) is 0 Å². The van der Waals surface area contributed by atoms with Crippen LogP contribution in [0.25, 0.3) is 0 Å². The van der Waals surface area contributed by atoms with E-state index in [1.807, 2.05) is 0 Å². The standard InChI is InChI=1S/C23H29BrN2O/c1-2-18-3-6-21(7-4-18)26-14-12-25(13-15-26)11-9-23-22-8-5-20(24)17-19(22)10-16-27-23/h3-8,17,23H,2,9-16H2,1H3. The number of fused-ring (bicyclic) bond motifs is 1. The number of anilines is 1. The predicted octanol–water partition coefficient (Wildman–Crippen LogP) is 4.84. The molecule has 1 saturated heterocycles. The number of rotatable bonds is 5. The summed E-state index contributed by atoms with van der Waals surface area (Å²) in [6.07, 6.45) is 3.47. The second-order valence-corrected chi connectivity index (χ2v) is 8.51. The molecule has 4 heteroatoms. The lowest BCUT2D eigenvalue weighted by Crippen LogP contribution is -2.46. The molecule has 1 fully saturated rings. The van der Waals surface area contributed by atoms with Crippen molar-refractivity contribution in [3.8, 4) is 0 Å². The number of ether oxygens (including phenoxy) is 1. The van der Waals surface area contributed by atoms with E-state index < -0.39 is 0 Å². The molecule has 0 aromatic heterocycles. The number of hydrogen-bond acceptors (Lipinski definition) is 3.